The second-order valence-electron chi connectivity index (χ2n) is 8.35. The second-order valence-corrected chi connectivity index (χ2v) is 10.3. The number of hydrogen-bond donors (Lipinski definition) is 1. The molecule has 1 saturated heterocycles. The fourth-order valence-corrected chi connectivity index (χ4v) is 5.27. The summed E-state index contributed by atoms with van der Waals surface area (Å²) in [5, 5.41) is 10.6. The predicted molar refractivity (Wildman–Crippen MR) is 109 cm³/mol. The smallest absolute Gasteiger partial charge is 0.260 e. The Morgan fingerprint density at radius 3 is 2.62 bits per heavy atom. The van der Waals surface area contributed by atoms with Crippen molar-refractivity contribution in [2.24, 2.45) is 17.8 Å². The Bertz CT molecular complexity index is 962. The Balaban J connectivity index is 1.79. The molecule has 0 bridgehead atoms. The highest BCUT2D eigenvalue weighted by atomic mass is 32.2. The van der Waals surface area contributed by atoms with Crippen LogP contribution >= 0.6 is 0 Å². The summed E-state index contributed by atoms with van der Waals surface area (Å²) in [6, 6.07) is 4.64. The van der Waals surface area contributed by atoms with Gasteiger partial charge in [-0.25, -0.2) is 8.42 Å². The Kier molecular flexibility index (Phi) is 6.42. The van der Waals surface area contributed by atoms with Gasteiger partial charge in [-0.1, -0.05) is 32.5 Å². The van der Waals surface area contributed by atoms with Crippen molar-refractivity contribution in [3.8, 4) is 0 Å². The van der Waals surface area contributed by atoms with Gasteiger partial charge in [0.1, 0.15) is 11.0 Å². The van der Waals surface area contributed by atoms with E-state index in [1.54, 1.807) is 10.4 Å². The lowest BCUT2D eigenvalue weighted by atomic mass is 9.94. The van der Waals surface area contributed by atoms with Crippen molar-refractivity contribution in [3.05, 3.63) is 18.2 Å². The van der Waals surface area contributed by atoms with E-state index in [4.69, 9.17) is 4.84 Å². The Morgan fingerprint density at radius 1 is 1.28 bits per heavy atom. The van der Waals surface area contributed by atoms with Gasteiger partial charge >= 0.3 is 0 Å². The molecule has 9 nitrogen and oxygen atoms in total. The van der Waals surface area contributed by atoms with Gasteiger partial charge in [0, 0.05) is 19.6 Å². The molecule has 0 radical (unpaired) electrons. The fourth-order valence-electron chi connectivity index (χ4n) is 3.57. The number of piperidine rings is 1. The number of aromatic nitrogens is 3. The number of carbonyl (C=O) groups excluding carboxylic acids is 1. The van der Waals surface area contributed by atoms with E-state index in [2.05, 4.69) is 29.5 Å². The highest BCUT2D eigenvalue weighted by Crippen LogP contribution is 2.27. The van der Waals surface area contributed by atoms with Crippen molar-refractivity contribution in [1.82, 2.24) is 24.8 Å². The third-order valence-electron chi connectivity index (χ3n) is 4.89. The molecule has 2 aromatic rings. The van der Waals surface area contributed by atoms with E-state index in [9.17, 15) is 13.2 Å². The number of nitrogens with one attached hydrogen (secondary N) is 1. The normalized spacial score (nSPS) is 20.9. The van der Waals surface area contributed by atoms with Gasteiger partial charge in [0.15, 0.2) is 6.61 Å². The van der Waals surface area contributed by atoms with E-state index < -0.39 is 10.0 Å². The highest BCUT2D eigenvalue weighted by Gasteiger charge is 2.32. The van der Waals surface area contributed by atoms with E-state index in [1.807, 2.05) is 13.8 Å². The number of fused-ring (bicyclic) bond motifs is 1. The summed E-state index contributed by atoms with van der Waals surface area (Å²) in [6.07, 6.45) is 1.02. The number of hydrogen-bond acceptors (Lipinski definition) is 6. The van der Waals surface area contributed by atoms with Crippen LogP contribution in [0.3, 0.4) is 0 Å². The number of rotatable bonds is 7. The standard InChI is InChI=1S/C19H29N5O4S/c1-13(2)9-20-19(25)12-28-24-18-8-16(5-6-17(18)21-22-24)29(26,27)23-10-14(3)7-15(4)11-23/h5-6,8,13-15H,7,9-12H2,1-4H3,(H,20,25)/t14-,15+. The minimum atomic E-state index is -3.63. The van der Waals surface area contributed by atoms with Crippen molar-refractivity contribution >= 4 is 27.0 Å². The van der Waals surface area contributed by atoms with Crippen molar-refractivity contribution < 1.29 is 18.0 Å². The largest absolute Gasteiger partial charge is 0.385 e. The van der Waals surface area contributed by atoms with Crippen LogP contribution in [0.15, 0.2) is 23.1 Å². The monoisotopic (exact) mass is 423 g/mol. The van der Waals surface area contributed by atoms with E-state index >= 15 is 0 Å². The Hall–Kier alpha value is -2.20. The summed E-state index contributed by atoms with van der Waals surface area (Å²) >= 11 is 0. The van der Waals surface area contributed by atoms with Crippen LogP contribution in [0.25, 0.3) is 11.0 Å². The maximum Gasteiger partial charge on any atom is 0.260 e. The predicted octanol–water partition coefficient (Wildman–Crippen LogP) is 1.30. The van der Waals surface area contributed by atoms with Crippen LogP contribution in [0.1, 0.15) is 34.1 Å². The maximum atomic E-state index is 13.1. The van der Waals surface area contributed by atoms with Crippen LogP contribution in [-0.4, -0.2) is 60.0 Å². The Labute approximate surface area is 171 Å². The first kappa shape index (κ1) is 21.5. The molecule has 10 heteroatoms. The molecule has 2 atom stereocenters. The van der Waals surface area contributed by atoms with Crippen LogP contribution in [0.5, 0.6) is 0 Å². The summed E-state index contributed by atoms with van der Waals surface area (Å²) < 4.78 is 27.8. The molecule has 0 spiro atoms. The molecule has 29 heavy (non-hydrogen) atoms. The number of benzene rings is 1. The van der Waals surface area contributed by atoms with Crippen molar-refractivity contribution in [2.45, 2.75) is 39.0 Å². The lowest BCUT2D eigenvalue weighted by Crippen LogP contribution is -2.42. The zero-order chi connectivity index (χ0) is 21.2. The zero-order valence-electron chi connectivity index (χ0n) is 17.3. The molecule has 0 unspecified atom stereocenters. The lowest BCUT2D eigenvalue weighted by molar-refractivity contribution is -0.126. The molecular formula is C19H29N5O4S. The third kappa shape index (κ3) is 5.05. The van der Waals surface area contributed by atoms with Gasteiger partial charge in [-0.05, 0) is 47.6 Å². The van der Waals surface area contributed by atoms with Gasteiger partial charge in [0.05, 0.1) is 4.90 Å². The van der Waals surface area contributed by atoms with Gasteiger partial charge in [-0.15, -0.1) is 5.10 Å². The highest BCUT2D eigenvalue weighted by molar-refractivity contribution is 7.89. The van der Waals surface area contributed by atoms with Crippen LogP contribution in [0.2, 0.25) is 0 Å². The van der Waals surface area contributed by atoms with Crippen molar-refractivity contribution in [1.29, 1.82) is 0 Å². The number of carbonyl (C=O) groups is 1. The van der Waals surface area contributed by atoms with E-state index in [0.29, 0.717) is 48.4 Å². The average Bonchev–Trinajstić information content (AvgIpc) is 3.06. The Morgan fingerprint density at radius 2 is 1.97 bits per heavy atom. The molecule has 1 amide bonds. The topological polar surface area (TPSA) is 106 Å². The number of nitrogens with zero attached hydrogens (tertiary/aromatic N) is 4. The van der Waals surface area contributed by atoms with Gasteiger partial charge < -0.3 is 10.2 Å². The van der Waals surface area contributed by atoms with Crippen LogP contribution in [0.4, 0.5) is 0 Å². The summed E-state index contributed by atoms with van der Waals surface area (Å²) in [6.45, 7) is 9.47. The first-order chi connectivity index (χ1) is 13.7. The first-order valence-corrected chi connectivity index (χ1v) is 11.4. The molecular weight excluding hydrogens is 394 g/mol. The molecule has 3 rings (SSSR count). The maximum absolute atomic E-state index is 13.1. The van der Waals surface area contributed by atoms with Gasteiger partial charge in [0.2, 0.25) is 10.0 Å². The minimum absolute atomic E-state index is 0.169. The molecule has 1 aliphatic rings. The fraction of sp³-hybridized carbons (Fsp3) is 0.632. The molecule has 1 N–H and O–H groups in total. The van der Waals surface area contributed by atoms with Gasteiger partial charge in [-0.3, -0.25) is 4.79 Å². The molecule has 1 aromatic heterocycles. The van der Waals surface area contributed by atoms with E-state index in [0.717, 1.165) is 11.3 Å². The van der Waals surface area contributed by atoms with E-state index in [1.165, 1.54) is 12.1 Å². The average molecular weight is 424 g/mol. The van der Waals surface area contributed by atoms with Crippen molar-refractivity contribution in [2.75, 3.05) is 26.2 Å². The van der Waals surface area contributed by atoms with Crippen LogP contribution in [0, 0.1) is 17.8 Å². The summed E-state index contributed by atoms with van der Waals surface area (Å²) in [4.78, 5) is 18.6. The zero-order valence-corrected chi connectivity index (χ0v) is 18.1. The van der Waals surface area contributed by atoms with E-state index in [-0.39, 0.29) is 17.4 Å². The molecule has 1 fully saturated rings. The SMILES string of the molecule is CC(C)CNC(=O)COn1nnc2ccc(S(=O)(=O)N3C[C@H](C)C[C@H](C)C3)cc21. The minimum Gasteiger partial charge on any atom is -0.385 e. The third-order valence-corrected chi connectivity index (χ3v) is 6.71. The molecule has 160 valence electrons. The molecule has 2 heterocycles. The number of sulfonamides is 1. The van der Waals surface area contributed by atoms with Gasteiger partial charge in [0.25, 0.3) is 5.91 Å². The van der Waals surface area contributed by atoms with Crippen LogP contribution < -0.4 is 10.2 Å². The van der Waals surface area contributed by atoms with Gasteiger partial charge in [-0.2, -0.15) is 4.31 Å². The first-order valence-electron chi connectivity index (χ1n) is 9.92. The molecule has 0 aliphatic carbocycles. The summed E-state index contributed by atoms with van der Waals surface area (Å²) in [5.41, 5.74) is 0.896. The summed E-state index contributed by atoms with van der Waals surface area (Å²) in [7, 11) is -3.63. The molecule has 1 aliphatic heterocycles. The molecule has 0 saturated carbocycles. The second kappa shape index (κ2) is 8.66. The van der Waals surface area contributed by atoms with Crippen molar-refractivity contribution in [3.63, 3.8) is 0 Å². The quantitative estimate of drug-likeness (QED) is 0.719. The lowest BCUT2D eigenvalue weighted by Gasteiger charge is -2.34. The summed E-state index contributed by atoms with van der Waals surface area (Å²) in [5.74, 6) is 0.691. The van der Waals surface area contributed by atoms with Crippen LogP contribution in [-0.2, 0) is 14.8 Å². The number of amides is 1. The molecule has 1 aromatic carbocycles.